The van der Waals surface area contributed by atoms with E-state index in [9.17, 15) is 0 Å². The predicted octanol–water partition coefficient (Wildman–Crippen LogP) is 2.49. The molecule has 0 fully saturated rings. The van der Waals surface area contributed by atoms with Crippen molar-refractivity contribution in [2.24, 2.45) is 5.73 Å². The van der Waals surface area contributed by atoms with Crippen molar-refractivity contribution >= 4 is 5.69 Å². The largest absolute Gasteiger partial charge is 0.495 e. The first-order valence-electron chi connectivity index (χ1n) is 6.07. The lowest BCUT2D eigenvalue weighted by Gasteiger charge is -2.23. The Morgan fingerprint density at radius 3 is 2.41 bits per heavy atom. The van der Waals surface area contributed by atoms with E-state index in [2.05, 4.69) is 37.9 Å². The second-order valence-corrected chi connectivity index (χ2v) is 4.80. The maximum atomic E-state index is 5.79. The fourth-order valence-corrected chi connectivity index (χ4v) is 1.75. The second-order valence-electron chi connectivity index (χ2n) is 4.80. The van der Waals surface area contributed by atoms with E-state index in [0.717, 1.165) is 24.4 Å². The summed E-state index contributed by atoms with van der Waals surface area (Å²) in [6.07, 6.45) is 0.979. The quantitative estimate of drug-likeness (QED) is 0.853. The Morgan fingerprint density at radius 2 is 1.88 bits per heavy atom. The van der Waals surface area contributed by atoms with Gasteiger partial charge in [-0.25, -0.2) is 0 Å². The first kappa shape index (κ1) is 13.8. The van der Waals surface area contributed by atoms with Gasteiger partial charge >= 0.3 is 0 Å². The first-order valence-corrected chi connectivity index (χ1v) is 6.07. The number of anilines is 1. The molecule has 0 aliphatic rings. The molecule has 1 rings (SSSR count). The van der Waals surface area contributed by atoms with Gasteiger partial charge in [0, 0.05) is 19.6 Å². The highest BCUT2D eigenvalue weighted by Gasteiger charge is 2.10. The van der Waals surface area contributed by atoms with Crippen molar-refractivity contribution in [3.63, 3.8) is 0 Å². The van der Waals surface area contributed by atoms with Gasteiger partial charge in [-0.05, 0) is 50.5 Å². The van der Waals surface area contributed by atoms with Crippen LogP contribution < -0.4 is 15.4 Å². The summed E-state index contributed by atoms with van der Waals surface area (Å²) in [5.41, 5.74) is 9.46. The number of nitrogens with two attached hydrogens (primary N) is 1. The summed E-state index contributed by atoms with van der Waals surface area (Å²) in [7, 11) is 3.79. The summed E-state index contributed by atoms with van der Waals surface area (Å²) in [4.78, 5) is 2.20. The monoisotopic (exact) mass is 236 g/mol. The Kier molecular flexibility index (Phi) is 4.82. The molecule has 0 spiro atoms. The number of ether oxygens (including phenoxy) is 1. The molecule has 3 nitrogen and oxygen atoms in total. The molecule has 0 amide bonds. The third kappa shape index (κ3) is 3.63. The average Bonchev–Trinajstić information content (AvgIpc) is 2.28. The van der Waals surface area contributed by atoms with Crippen LogP contribution in [-0.2, 0) is 0 Å². The van der Waals surface area contributed by atoms with Crippen molar-refractivity contribution in [2.75, 3.05) is 25.6 Å². The normalized spacial score (nSPS) is 12.4. The molecular formula is C14H24N2O. The maximum absolute atomic E-state index is 5.79. The van der Waals surface area contributed by atoms with E-state index in [1.807, 2.05) is 6.92 Å². The molecule has 1 aromatic rings. The average molecular weight is 236 g/mol. The Morgan fingerprint density at radius 1 is 1.29 bits per heavy atom. The molecule has 17 heavy (non-hydrogen) atoms. The molecule has 0 saturated heterocycles. The number of hydrogen-bond acceptors (Lipinski definition) is 3. The maximum Gasteiger partial charge on any atom is 0.142 e. The zero-order chi connectivity index (χ0) is 13.0. The summed E-state index contributed by atoms with van der Waals surface area (Å²) >= 11 is 0. The van der Waals surface area contributed by atoms with Gasteiger partial charge in [0.1, 0.15) is 5.75 Å². The van der Waals surface area contributed by atoms with Crippen molar-refractivity contribution in [3.8, 4) is 5.75 Å². The smallest absolute Gasteiger partial charge is 0.142 e. The highest BCUT2D eigenvalue weighted by Crippen LogP contribution is 2.30. The van der Waals surface area contributed by atoms with Crippen LogP contribution in [0.1, 0.15) is 24.5 Å². The van der Waals surface area contributed by atoms with Crippen molar-refractivity contribution in [2.45, 2.75) is 33.2 Å². The van der Waals surface area contributed by atoms with Crippen LogP contribution in [0.3, 0.4) is 0 Å². The summed E-state index contributed by atoms with van der Waals surface area (Å²) < 4.78 is 5.44. The van der Waals surface area contributed by atoms with Gasteiger partial charge in [0.2, 0.25) is 0 Å². The molecule has 0 saturated carbocycles. The molecule has 0 heterocycles. The number of benzene rings is 1. The molecular weight excluding hydrogens is 212 g/mol. The lowest BCUT2D eigenvalue weighted by Crippen LogP contribution is -2.26. The fourth-order valence-electron chi connectivity index (χ4n) is 1.75. The van der Waals surface area contributed by atoms with E-state index in [1.54, 1.807) is 7.11 Å². The minimum absolute atomic E-state index is 0.231. The van der Waals surface area contributed by atoms with Crippen LogP contribution in [0, 0.1) is 13.8 Å². The fraction of sp³-hybridized carbons (Fsp3) is 0.571. The van der Waals surface area contributed by atoms with E-state index in [4.69, 9.17) is 10.5 Å². The van der Waals surface area contributed by atoms with Gasteiger partial charge in [0.25, 0.3) is 0 Å². The predicted molar refractivity (Wildman–Crippen MR) is 74.0 cm³/mol. The summed E-state index contributed by atoms with van der Waals surface area (Å²) in [6, 6.07) is 4.50. The van der Waals surface area contributed by atoms with Gasteiger partial charge in [-0.15, -0.1) is 0 Å². The minimum Gasteiger partial charge on any atom is -0.495 e. The van der Waals surface area contributed by atoms with E-state index in [-0.39, 0.29) is 6.04 Å². The van der Waals surface area contributed by atoms with Crippen LogP contribution in [0.15, 0.2) is 12.1 Å². The lowest BCUT2D eigenvalue weighted by atomic mass is 10.1. The van der Waals surface area contributed by atoms with E-state index >= 15 is 0 Å². The summed E-state index contributed by atoms with van der Waals surface area (Å²) in [5, 5.41) is 0. The van der Waals surface area contributed by atoms with Crippen LogP contribution in [0.4, 0.5) is 5.69 Å². The molecule has 1 atom stereocenters. The van der Waals surface area contributed by atoms with Gasteiger partial charge in [0.15, 0.2) is 0 Å². The third-order valence-electron chi connectivity index (χ3n) is 3.13. The Balaban J connectivity index is 2.91. The van der Waals surface area contributed by atoms with Crippen LogP contribution >= 0.6 is 0 Å². The minimum atomic E-state index is 0.231. The lowest BCUT2D eigenvalue weighted by molar-refractivity contribution is 0.414. The van der Waals surface area contributed by atoms with Crippen molar-refractivity contribution in [1.82, 2.24) is 0 Å². The SMILES string of the molecule is COc1cc(C)c(C)cc1N(C)CCC(C)N. The summed E-state index contributed by atoms with van der Waals surface area (Å²) in [5.74, 6) is 0.931. The molecule has 1 unspecified atom stereocenters. The molecule has 0 aliphatic carbocycles. The Bertz CT molecular complexity index is 375. The van der Waals surface area contributed by atoms with E-state index in [1.165, 1.54) is 11.1 Å². The van der Waals surface area contributed by atoms with E-state index in [0.29, 0.717) is 0 Å². The van der Waals surface area contributed by atoms with Gasteiger partial charge in [0.05, 0.1) is 12.8 Å². The number of hydrogen-bond donors (Lipinski definition) is 1. The molecule has 0 aliphatic heterocycles. The van der Waals surface area contributed by atoms with Gasteiger partial charge < -0.3 is 15.4 Å². The third-order valence-corrected chi connectivity index (χ3v) is 3.13. The highest BCUT2D eigenvalue weighted by molar-refractivity contribution is 5.61. The van der Waals surface area contributed by atoms with Crippen LogP contribution in [0.5, 0.6) is 5.75 Å². The number of methoxy groups -OCH3 is 1. The topological polar surface area (TPSA) is 38.5 Å². The zero-order valence-electron chi connectivity index (χ0n) is 11.6. The second kappa shape index (κ2) is 5.92. The van der Waals surface area contributed by atoms with Gasteiger partial charge in [-0.2, -0.15) is 0 Å². The Hall–Kier alpha value is -1.22. The van der Waals surface area contributed by atoms with Gasteiger partial charge in [-0.3, -0.25) is 0 Å². The molecule has 2 N–H and O–H groups in total. The van der Waals surface area contributed by atoms with Crippen molar-refractivity contribution in [3.05, 3.63) is 23.3 Å². The van der Waals surface area contributed by atoms with Crippen LogP contribution in [0.25, 0.3) is 0 Å². The molecule has 96 valence electrons. The molecule has 0 aromatic heterocycles. The standard InChI is InChI=1S/C14H24N2O/c1-10-8-13(14(17-5)9-11(10)2)16(4)7-6-12(3)15/h8-9,12H,6-7,15H2,1-5H3. The Labute approximate surface area is 105 Å². The van der Waals surface area contributed by atoms with Crippen LogP contribution in [0.2, 0.25) is 0 Å². The summed E-state index contributed by atoms with van der Waals surface area (Å²) in [6.45, 7) is 7.20. The first-order chi connectivity index (χ1) is 7.95. The number of aryl methyl sites for hydroxylation is 2. The molecule has 0 radical (unpaired) electrons. The molecule has 1 aromatic carbocycles. The number of rotatable bonds is 5. The van der Waals surface area contributed by atoms with Crippen molar-refractivity contribution in [1.29, 1.82) is 0 Å². The highest BCUT2D eigenvalue weighted by atomic mass is 16.5. The number of nitrogens with zero attached hydrogens (tertiary/aromatic N) is 1. The molecule has 0 bridgehead atoms. The van der Waals surface area contributed by atoms with Crippen LogP contribution in [-0.4, -0.2) is 26.7 Å². The van der Waals surface area contributed by atoms with Crippen molar-refractivity contribution < 1.29 is 4.74 Å². The van der Waals surface area contributed by atoms with E-state index < -0.39 is 0 Å². The zero-order valence-corrected chi connectivity index (χ0v) is 11.6. The van der Waals surface area contributed by atoms with Gasteiger partial charge in [-0.1, -0.05) is 0 Å². The molecule has 3 heteroatoms.